The van der Waals surface area contributed by atoms with Crippen LogP contribution in [-0.4, -0.2) is 103 Å². The number of amides is 3. The first-order chi connectivity index (χ1) is 24.9. The summed E-state index contributed by atoms with van der Waals surface area (Å²) in [5.41, 5.74) is 0.507. The number of hydrogen-bond donors (Lipinski definition) is 2. The number of benzene rings is 1. The van der Waals surface area contributed by atoms with E-state index in [1.165, 1.54) is 24.3 Å². The van der Waals surface area contributed by atoms with Crippen molar-refractivity contribution in [3.63, 3.8) is 0 Å². The molecule has 24 heteroatoms. The molecule has 0 spiro atoms. The highest BCUT2D eigenvalue weighted by Crippen LogP contribution is 2.64. The van der Waals surface area contributed by atoms with Gasteiger partial charge in [0.05, 0.1) is 13.0 Å². The number of nitrogens with zero attached hydrogens (tertiary/aromatic N) is 1. The number of halogens is 17. The molecule has 0 aliphatic carbocycles. The van der Waals surface area contributed by atoms with Gasteiger partial charge in [-0.25, -0.2) is 4.79 Å². The summed E-state index contributed by atoms with van der Waals surface area (Å²) in [7, 11) is 0. The molecule has 0 saturated heterocycles. The maximum Gasteiger partial charge on any atom is 0.460 e. The Morgan fingerprint density at radius 2 is 1.29 bits per heavy atom. The van der Waals surface area contributed by atoms with Gasteiger partial charge in [0.1, 0.15) is 6.54 Å². The summed E-state index contributed by atoms with van der Waals surface area (Å²) in [4.78, 5) is 38.5. The minimum absolute atomic E-state index is 0.106. The molecular formula is C31H30F17N3O4. The number of hydrogen-bond acceptors (Lipinski definition) is 4. The quantitative estimate of drug-likeness (QED) is 0.174. The Kier molecular flexibility index (Phi) is 14.3. The van der Waals surface area contributed by atoms with Gasteiger partial charge in [0, 0.05) is 25.2 Å². The number of alkyl halides is 17. The zero-order chi connectivity index (χ0) is 42.5. The van der Waals surface area contributed by atoms with Gasteiger partial charge in [0.25, 0.3) is 5.91 Å². The Bertz CT molecular complexity index is 1580. The smallest absolute Gasteiger partial charge is 0.460 e. The molecule has 1 heterocycles. The number of allylic oxidation sites excluding steroid dienone is 1. The number of carbonyl (C=O) groups excluding carboxylic acids is 3. The van der Waals surface area contributed by atoms with E-state index in [0.29, 0.717) is 36.3 Å². The van der Waals surface area contributed by atoms with Crippen molar-refractivity contribution in [2.45, 2.75) is 79.7 Å². The minimum Gasteiger partial charge on any atom is -0.464 e. The van der Waals surface area contributed by atoms with Crippen LogP contribution in [0, 0.1) is 0 Å². The molecular weight excluding hydrogens is 801 g/mol. The van der Waals surface area contributed by atoms with Crippen LogP contribution < -0.4 is 10.6 Å². The average molecular weight is 832 g/mol. The molecule has 0 atom stereocenters. The van der Waals surface area contributed by atoms with Crippen molar-refractivity contribution in [2.24, 2.45) is 0 Å². The van der Waals surface area contributed by atoms with Crippen molar-refractivity contribution in [2.75, 3.05) is 32.8 Å². The Hall–Kier alpha value is -4.28. The molecule has 2 bridgehead atoms. The second-order valence-electron chi connectivity index (χ2n) is 12.0. The van der Waals surface area contributed by atoms with Crippen LogP contribution in [-0.2, 0) is 16.0 Å². The molecule has 0 fully saturated rings. The Morgan fingerprint density at radius 1 is 0.745 bits per heavy atom. The van der Waals surface area contributed by atoms with Gasteiger partial charge in [-0.05, 0) is 49.0 Å². The molecule has 1 aromatic carbocycles. The van der Waals surface area contributed by atoms with Crippen molar-refractivity contribution in [1.29, 1.82) is 0 Å². The molecule has 1 aliphatic rings. The first kappa shape index (κ1) is 46.9. The average Bonchev–Trinajstić information content (AvgIpc) is 3.05. The summed E-state index contributed by atoms with van der Waals surface area (Å²) in [5.74, 6) is -60.2. The molecule has 1 aromatic rings. The number of rotatable bonds is 11. The predicted octanol–water partition coefficient (Wildman–Crippen LogP) is 8.21. The van der Waals surface area contributed by atoms with Crippen LogP contribution in [0.5, 0.6) is 0 Å². The maximum atomic E-state index is 14.3. The zero-order valence-electron chi connectivity index (χ0n) is 27.7. The van der Waals surface area contributed by atoms with E-state index in [4.69, 9.17) is 0 Å². The van der Waals surface area contributed by atoms with E-state index in [0.717, 1.165) is 0 Å². The topological polar surface area (TPSA) is 87.7 Å². The van der Waals surface area contributed by atoms with Crippen LogP contribution in [0.1, 0.15) is 41.6 Å². The van der Waals surface area contributed by atoms with E-state index >= 15 is 0 Å². The molecule has 2 N–H and O–H groups in total. The van der Waals surface area contributed by atoms with Gasteiger partial charge in [-0.1, -0.05) is 30.9 Å². The fraction of sp³-hybridized carbons (Fsp3) is 0.581. The van der Waals surface area contributed by atoms with Crippen LogP contribution in [0.3, 0.4) is 0 Å². The highest BCUT2D eigenvalue weighted by molar-refractivity contribution is 5.96. The molecule has 0 saturated carbocycles. The number of fused-ring (bicyclic) bond motifs is 2. The molecule has 2 rings (SSSR count). The SMILES string of the molecule is C=C1/C=C\CCCCNC(=O)NCCc2cccc(c2)C(=O)N(CC(=O)OCCC(F)(F)C(F)(F)C(F)(F)C(F)(F)C(F)(F)C(F)(F)C(F)(F)C(F)(F)F)C1. The number of urea groups is 1. The first-order valence-corrected chi connectivity index (χ1v) is 15.5. The lowest BCUT2D eigenvalue weighted by atomic mass is 9.88. The second kappa shape index (κ2) is 16.8. The van der Waals surface area contributed by atoms with Crippen molar-refractivity contribution in [1.82, 2.24) is 15.5 Å². The van der Waals surface area contributed by atoms with Crippen LogP contribution in [0.4, 0.5) is 79.4 Å². The lowest BCUT2D eigenvalue weighted by Gasteiger charge is -2.42. The number of ether oxygens (including phenoxy) is 1. The van der Waals surface area contributed by atoms with Gasteiger partial charge in [-0.2, -0.15) is 74.6 Å². The maximum absolute atomic E-state index is 14.3. The molecule has 0 radical (unpaired) electrons. The summed E-state index contributed by atoms with van der Waals surface area (Å²) >= 11 is 0. The summed E-state index contributed by atoms with van der Waals surface area (Å²) in [6.07, 6.45) is -6.09. The van der Waals surface area contributed by atoms with Crippen LogP contribution in [0.15, 0.2) is 48.6 Å². The monoisotopic (exact) mass is 831 g/mol. The largest absolute Gasteiger partial charge is 0.464 e. The van der Waals surface area contributed by atoms with E-state index < -0.39 is 91.7 Å². The standard InChI is InChI=1S/C31H30F17N3O4/c1-18-7-4-2-3-5-12-49-23(54)50-13-10-19-8-6-9-20(15-19)22(53)51(16-18)17-21(52)55-14-11-24(32,33)25(34,35)26(36,37)27(38,39)28(40,41)29(42,43)30(44,45)31(46,47)48/h4,6-9,15H,1-3,5,10-14,16-17H2,(H2,49,50,54)/b7-4-. The number of esters is 1. The Labute approximate surface area is 299 Å². The third-order valence-electron chi connectivity index (χ3n) is 7.78. The van der Waals surface area contributed by atoms with Crippen molar-refractivity contribution < 1.29 is 93.8 Å². The van der Waals surface area contributed by atoms with Crippen LogP contribution in [0.2, 0.25) is 0 Å². The summed E-state index contributed by atoms with van der Waals surface area (Å²) in [6, 6.07) is 5.06. The van der Waals surface area contributed by atoms with E-state index in [1.807, 2.05) is 0 Å². The van der Waals surface area contributed by atoms with Gasteiger partial charge in [0.15, 0.2) is 0 Å². The molecule has 3 amide bonds. The number of carbonyl (C=O) groups is 3. The zero-order valence-corrected chi connectivity index (χ0v) is 27.7. The molecule has 0 aromatic heterocycles. The highest BCUT2D eigenvalue weighted by Gasteiger charge is 2.95. The van der Waals surface area contributed by atoms with Gasteiger partial charge in [-0.15, -0.1) is 0 Å². The second-order valence-corrected chi connectivity index (χ2v) is 12.0. The molecule has 7 nitrogen and oxygen atoms in total. The van der Waals surface area contributed by atoms with E-state index in [-0.39, 0.29) is 24.1 Å². The van der Waals surface area contributed by atoms with Gasteiger partial charge < -0.3 is 20.3 Å². The van der Waals surface area contributed by atoms with Crippen molar-refractivity contribution >= 4 is 17.9 Å². The molecule has 1 aliphatic heterocycles. The minimum atomic E-state index is -8.76. The summed E-state index contributed by atoms with van der Waals surface area (Å²) < 4.78 is 234. The lowest BCUT2D eigenvalue weighted by molar-refractivity contribution is -0.461. The van der Waals surface area contributed by atoms with Gasteiger partial charge >= 0.3 is 59.6 Å². The third kappa shape index (κ3) is 9.76. The van der Waals surface area contributed by atoms with Crippen LogP contribution in [0.25, 0.3) is 0 Å². The first-order valence-electron chi connectivity index (χ1n) is 15.5. The highest BCUT2D eigenvalue weighted by atomic mass is 19.4. The van der Waals surface area contributed by atoms with Crippen molar-refractivity contribution in [3.8, 4) is 0 Å². The Morgan fingerprint density at radius 3 is 1.87 bits per heavy atom. The summed E-state index contributed by atoms with van der Waals surface area (Å²) in [6.45, 7) is 0.266. The normalized spacial score (nSPS) is 17.8. The fourth-order valence-corrected chi connectivity index (χ4v) is 4.61. The Balaban J connectivity index is 2.29. The fourth-order valence-electron chi connectivity index (χ4n) is 4.61. The van der Waals surface area contributed by atoms with Gasteiger partial charge in [0.2, 0.25) is 0 Å². The molecule has 0 unspecified atom stereocenters. The van der Waals surface area contributed by atoms with Crippen molar-refractivity contribution in [3.05, 3.63) is 59.7 Å². The van der Waals surface area contributed by atoms with E-state index in [1.54, 1.807) is 12.1 Å². The predicted molar refractivity (Wildman–Crippen MR) is 156 cm³/mol. The molecule has 55 heavy (non-hydrogen) atoms. The molecule has 312 valence electrons. The summed E-state index contributed by atoms with van der Waals surface area (Å²) in [5, 5.41) is 5.24. The van der Waals surface area contributed by atoms with E-state index in [2.05, 4.69) is 21.9 Å². The third-order valence-corrected chi connectivity index (χ3v) is 7.78. The van der Waals surface area contributed by atoms with Gasteiger partial charge in [-0.3, -0.25) is 9.59 Å². The number of nitrogens with one attached hydrogen (secondary N) is 2. The van der Waals surface area contributed by atoms with E-state index in [9.17, 15) is 89.0 Å². The lowest BCUT2D eigenvalue weighted by Crippen LogP contribution is -2.74. The van der Waals surface area contributed by atoms with Crippen LogP contribution >= 0.6 is 0 Å².